The van der Waals surface area contributed by atoms with Gasteiger partial charge in [0.2, 0.25) is 0 Å². The smallest absolute Gasteiger partial charge is 0.0714 e. The maximum absolute atomic E-state index is 3.79. The molecule has 7 aromatic rings. The molecule has 8 rings (SSSR count). The molecule has 0 saturated heterocycles. The summed E-state index contributed by atoms with van der Waals surface area (Å²) in [7, 11) is 0. The topological polar surface area (TPSA) is 12.0 Å². The maximum Gasteiger partial charge on any atom is 0.0714 e. The largest absolute Gasteiger partial charge is 0.355 e. The quantitative estimate of drug-likeness (QED) is 0.231. The van der Waals surface area contributed by atoms with E-state index < -0.39 is 5.41 Å². The molecule has 0 bridgehead atoms. The van der Waals surface area contributed by atoms with E-state index in [1.807, 2.05) is 0 Å². The van der Waals surface area contributed by atoms with Gasteiger partial charge in [-0.1, -0.05) is 140 Å². The van der Waals surface area contributed by atoms with Gasteiger partial charge in [0.1, 0.15) is 0 Å². The molecule has 1 aliphatic carbocycles. The molecular weight excluding hydrogens is 506 g/mol. The molecule has 0 radical (unpaired) electrons. The Hall–Kier alpha value is -5.40. The van der Waals surface area contributed by atoms with Gasteiger partial charge >= 0.3 is 0 Å². The van der Waals surface area contributed by atoms with Crippen LogP contribution in [0.2, 0.25) is 0 Å². The summed E-state index contributed by atoms with van der Waals surface area (Å²) in [6, 6.07) is 61.6. The monoisotopic (exact) mass is 535 g/mol. The molecule has 1 heteroatoms. The fourth-order valence-electron chi connectivity index (χ4n) is 6.89. The van der Waals surface area contributed by atoms with Crippen molar-refractivity contribution in [3.05, 3.63) is 192 Å². The van der Waals surface area contributed by atoms with Crippen LogP contribution in [0.15, 0.2) is 170 Å². The zero-order valence-electron chi connectivity index (χ0n) is 23.2. The third-order valence-electron chi connectivity index (χ3n) is 8.70. The number of hydrogen-bond acceptors (Lipinski definition) is 1. The number of nitrogens with one attached hydrogen (secondary N) is 1. The van der Waals surface area contributed by atoms with E-state index in [0.717, 1.165) is 11.4 Å². The van der Waals surface area contributed by atoms with Gasteiger partial charge in [0, 0.05) is 16.8 Å². The lowest BCUT2D eigenvalue weighted by Gasteiger charge is -2.34. The Bertz CT molecular complexity index is 2000. The van der Waals surface area contributed by atoms with Crippen molar-refractivity contribution < 1.29 is 0 Å². The second kappa shape index (κ2) is 9.90. The zero-order chi connectivity index (χ0) is 27.9. The second-order valence-electron chi connectivity index (χ2n) is 11.0. The number of para-hydroxylation sites is 1. The van der Waals surface area contributed by atoms with Gasteiger partial charge in [-0.3, -0.25) is 0 Å². The normalized spacial score (nSPS) is 13.0. The second-order valence-corrected chi connectivity index (χ2v) is 11.0. The van der Waals surface area contributed by atoms with Crippen LogP contribution >= 0.6 is 0 Å². The summed E-state index contributed by atoms with van der Waals surface area (Å²) >= 11 is 0. The summed E-state index contributed by atoms with van der Waals surface area (Å²) in [5, 5.41) is 6.20. The summed E-state index contributed by atoms with van der Waals surface area (Å²) < 4.78 is 0. The molecule has 0 amide bonds. The van der Waals surface area contributed by atoms with Crippen molar-refractivity contribution in [3.8, 4) is 22.3 Å². The first kappa shape index (κ1) is 24.4. The standard InChI is InChI=1S/C41H29N/c1-4-14-29(15-5-1)30-24-25-35-31(26-30)27-33(28-40(35)42-34-18-8-3-9-19-34)41(32-16-6-2-7-17-32)38-22-12-10-20-36(38)37-21-11-13-23-39(37)41/h1-28,42H. The van der Waals surface area contributed by atoms with Gasteiger partial charge in [-0.25, -0.2) is 0 Å². The van der Waals surface area contributed by atoms with E-state index in [2.05, 4.69) is 175 Å². The van der Waals surface area contributed by atoms with Crippen molar-refractivity contribution in [1.82, 2.24) is 0 Å². The Morgan fingerprint density at radius 2 is 0.976 bits per heavy atom. The van der Waals surface area contributed by atoms with Crippen molar-refractivity contribution in [2.75, 3.05) is 5.32 Å². The lowest BCUT2D eigenvalue weighted by atomic mass is 9.67. The third kappa shape index (κ3) is 3.78. The maximum atomic E-state index is 3.79. The van der Waals surface area contributed by atoms with Crippen molar-refractivity contribution in [2.45, 2.75) is 5.41 Å². The first-order valence-electron chi connectivity index (χ1n) is 14.5. The van der Waals surface area contributed by atoms with Crippen LogP contribution in [0.3, 0.4) is 0 Å². The highest BCUT2D eigenvalue weighted by atomic mass is 14.9. The van der Waals surface area contributed by atoms with E-state index in [-0.39, 0.29) is 0 Å². The number of fused-ring (bicyclic) bond motifs is 4. The minimum Gasteiger partial charge on any atom is -0.355 e. The van der Waals surface area contributed by atoms with Crippen molar-refractivity contribution in [1.29, 1.82) is 0 Å². The van der Waals surface area contributed by atoms with Crippen molar-refractivity contribution >= 4 is 22.1 Å². The van der Waals surface area contributed by atoms with Crippen LogP contribution in [0.5, 0.6) is 0 Å². The summed E-state index contributed by atoms with van der Waals surface area (Å²) in [6.07, 6.45) is 0. The van der Waals surface area contributed by atoms with Gasteiger partial charge in [-0.15, -0.1) is 0 Å². The first-order valence-corrected chi connectivity index (χ1v) is 14.5. The Balaban J connectivity index is 1.47. The highest BCUT2D eigenvalue weighted by Gasteiger charge is 2.46. The average molecular weight is 536 g/mol. The average Bonchev–Trinajstić information content (AvgIpc) is 3.37. The van der Waals surface area contributed by atoms with E-state index in [4.69, 9.17) is 0 Å². The third-order valence-corrected chi connectivity index (χ3v) is 8.70. The summed E-state index contributed by atoms with van der Waals surface area (Å²) in [4.78, 5) is 0. The van der Waals surface area contributed by atoms with Crippen LogP contribution in [0.25, 0.3) is 33.0 Å². The number of rotatable bonds is 5. The van der Waals surface area contributed by atoms with E-state index >= 15 is 0 Å². The van der Waals surface area contributed by atoms with Crippen molar-refractivity contribution in [3.63, 3.8) is 0 Å². The van der Waals surface area contributed by atoms with E-state index in [9.17, 15) is 0 Å². The highest BCUT2D eigenvalue weighted by Crippen LogP contribution is 2.56. The molecule has 1 aliphatic rings. The van der Waals surface area contributed by atoms with Crippen LogP contribution in [-0.2, 0) is 5.41 Å². The molecule has 7 aromatic carbocycles. The molecule has 0 fully saturated rings. The molecule has 0 unspecified atom stereocenters. The van der Waals surface area contributed by atoms with E-state index in [0.29, 0.717) is 0 Å². The van der Waals surface area contributed by atoms with Gasteiger partial charge < -0.3 is 5.32 Å². The lowest BCUT2D eigenvalue weighted by molar-refractivity contribution is 0.770. The summed E-state index contributed by atoms with van der Waals surface area (Å²) in [6.45, 7) is 0. The van der Waals surface area contributed by atoms with E-state index in [1.165, 1.54) is 55.3 Å². The lowest BCUT2D eigenvalue weighted by Crippen LogP contribution is -2.28. The van der Waals surface area contributed by atoms with Gasteiger partial charge in [0.15, 0.2) is 0 Å². The Labute approximate surface area is 246 Å². The Morgan fingerprint density at radius 3 is 1.64 bits per heavy atom. The van der Waals surface area contributed by atoms with Crippen molar-refractivity contribution in [2.24, 2.45) is 0 Å². The number of anilines is 2. The van der Waals surface area contributed by atoms with Crippen LogP contribution in [-0.4, -0.2) is 0 Å². The molecule has 0 aromatic heterocycles. The Morgan fingerprint density at radius 1 is 0.405 bits per heavy atom. The molecule has 1 nitrogen and oxygen atoms in total. The molecule has 0 saturated carbocycles. The molecule has 0 atom stereocenters. The van der Waals surface area contributed by atoms with Crippen LogP contribution in [0.4, 0.5) is 11.4 Å². The van der Waals surface area contributed by atoms with E-state index in [1.54, 1.807) is 0 Å². The molecular formula is C41H29N. The van der Waals surface area contributed by atoms with Gasteiger partial charge in [0.05, 0.1) is 5.41 Å². The predicted molar refractivity (Wildman–Crippen MR) is 176 cm³/mol. The minimum atomic E-state index is -0.460. The fourth-order valence-corrected chi connectivity index (χ4v) is 6.89. The number of hydrogen-bond donors (Lipinski definition) is 1. The predicted octanol–water partition coefficient (Wildman–Crippen LogP) is 10.6. The van der Waals surface area contributed by atoms with Crippen LogP contribution < -0.4 is 5.32 Å². The molecule has 0 heterocycles. The SMILES string of the molecule is c1ccc(Nc2cc(C3(c4ccccc4)c4ccccc4-c4ccccc43)cc3cc(-c4ccccc4)ccc23)cc1. The molecule has 198 valence electrons. The fraction of sp³-hybridized carbons (Fsp3) is 0.0244. The van der Waals surface area contributed by atoms with Gasteiger partial charge in [-0.05, 0) is 80.2 Å². The molecule has 1 N–H and O–H groups in total. The minimum absolute atomic E-state index is 0.460. The summed E-state index contributed by atoms with van der Waals surface area (Å²) in [5.41, 5.74) is 11.9. The van der Waals surface area contributed by atoms with Crippen LogP contribution in [0, 0.1) is 0 Å². The molecule has 42 heavy (non-hydrogen) atoms. The van der Waals surface area contributed by atoms with Crippen LogP contribution in [0.1, 0.15) is 22.3 Å². The zero-order valence-corrected chi connectivity index (χ0v) is 23.2. The molecule has 0 spiro atoms. The Kier molecular flexibility index (Phi) is 5.75. The van der Waals surface area contributed by atoms with Gasteiger partial charge in [-0.2, -0.15) is 0 Å². The summed E-state index contributed by atoms with van der Waals surface area (Å²) in [5.74, 6) is 0. The number of benzene rings is 7. The highest BCUT2D eigenvalue weighted by molar-refractivity contribution is 6.00. The van der Waals surface area contributed by atoms with Gasteiger partial charge in [0.25, 0.3) is 0 Å². The molecule has 0 aliphatic heterocycles. The first-order chi connectivity index (χ1) is 20.8.